The van der Waals surface area contributed by atoms with Crippen LogP contribution in [-0.2, 0) is 16.1 Å². The van der Waals surface area contributed by atoms with Crippen LogP contribution >= 0.6 is 27.7 Å². The molecule has 1 aliphatic rings. The lowest BCUT2D eigenvalue weighted by Gasteiger charge is -2.12. The molecule has 0 aromatic heterocycles. The molecule has 3 aromatic rings. The number of likely N-dealkylation sites (N-methyl/N-ethyl adjacent to an activating group) is 1. The van der Waals surface area contributed by atoms with Crippen molar-refractivity contribution >= 4 is 56.5 Å². The molecule has 7 nitrogen and oxygen atoms in total. The molecule has 37 heavy (non-hydrogen) atoms. The first kappa shape index (κ1) is 26.5. The highest BCUT2D eigenvalue weighted by Gasteiger charge is 2.32. The van der Waals surface area contributed by atoms with E-state index in [1.54, 1.807) is 36.3 Å². The Hall–Kier alpha value is -3.56. The number of thioether (sulfide) groups is 1. The zero-order valence-electron chi connectivity index (χ0n) is 20.6. The Kier molecular flexibility index (Phi) is 8.68. The summed E-state index contributed by atoms with van der Waals surface area (Å²) < 4.78 is 17.2. The topological polar surface area (TPSA) is 77.4 Å². The van der Waals surface area contributed by atoms with E-state index in [1.165, 1.54) is 18.9 Å². The zero-order valence-corrected chi connectivity index (χ0v) is 23.0. The van der Waals surface area contributed by atoms with Crippen LogP contribution < -0.4 is 9.47 Å². The molecule has 1 amide bonds. The van der Waals surface area contributed by atoms with E-state index in [4.69, 9.17) is 14.2 Å². The number of carbonyl (C=O) groups excluding carboxylic acids is 2. The van der Waals surface area contributed by atoms with Gasteiger partial charge in [0.05, 0.1) is 30.4 Å². The standard InChI is InChI=1S/C28H25BrN2O5S/c1-4-31-26(32)25(37-28(31)30-22-12-8-20(9-13-22)27(33)35-3)16-19-7-14-23(24(15-19)34-2)36-17-18-5-10-21(29)11-6-18/h5-16H,4,17H2,1-3H3/b25-16+,30-28?. The molecule has 1 aliphatic heterocycles. The van der Waals surface area contributed by atoms with Crippen molar-refractivity contribution in [2.75, 3.05) is 20.8 Å². The highest BCUT2D eigenvalue weighted by atomic mass is 79.9. The van der Waals surface area contributed by atoms with Crippen LogP contribution in [0, 0.1) is 0 Å². The van der Waals surface area contributed by atoms with E-state index in [9.17, 15) is 9.59 Å². The second kappa shape index (κ2) is 12.1. The third-order valence-electron chi connectivity index (χ3n) is 5.51. The summed E-state index contributed by atoms with van der Waals surface area (Å²) in [5.41, 5.74) is 2.92. The number of methoxy groups -OCH3 is 2. The monoisotopic (exact) mass is 580 g/mol. The number of benzene rings is 3. The van der Waals surface area contributed by atoms with Gasteiger partial charge in [-0.25, -0.2) is 9.79 Å². The summed E-state index contributed by atoms with van der Waals surface area (Å²) in [7, 11) is 2.92. The van der Waals surface area contributed by atoms with Crippen LogP contribution in [-0.4, -0.2) is 42.7 Å². The van der Waals surface area contributed by atoms with Gasteiger partial charge < -0.3 is 14.2 Å². The van der Waals surface area contributed by atoms with Crippen molar-refractivity contribution in [1.29, 1.82) is 0 Å². The van der Waals surface area contributed by atoms with Gasteiger partial charge in [0.15, 0.2) is 16.7 Å². The molecular weight excluding hydrogens is 556 g/mol. The maximum absolute atomic E-state index is 13.1. The van der Waals surface area contributed by atoms with Crippen LogP contribution in [0.15, 0.2) is 81.1 Å². The maximum atomic E-state index is 13.1. The first-order valence-corrected chi connectivity index (χ1v) is 13.1. The molecule has 0 bridgehead atoms. The number of rotatable bonds is 8. The number of hydrogen-bond donors (Lipinski definition) is 0. The molecule has 4 rings (SSSR count). The summed E-state index contributed by atoms with van der Waals surface area (Å²) in [6.07, 6.45) is 1.82. The summed E-state index contributed by atoms with van der Waals surface area (Å²) in [5, 5.41) is 0.575. The molecule has 0 radical (unpaired) electrons. The van der Waals surface area contributed by atoms with Gasteiger partial charge in [0.2, 0.25) is 0 Å². The van der Waals surface area contributed by atoms with Gasteiger partial charge in [-0.1, -0.05) is 34.1 Å². The number of amides is 1. The molecule has 0 aliphatic carbocycles. The van der Waals surface area contributed by atoms with E-state index < -0.39 is 5.97 Å². The van der Waals surface area contributed by atoms with Gasteiger partial charge in [0.25, 0.3) is 5.91 Å². The Bertz CT molecular complexity index is 1350. The van der Waals surface area contributed by atoms with Gasteiger partial charge in [-0.2, -0.15) is 0 Å². The largest absolute Gasteiger partial charge is 0.493 e. The lowest BCUT2D eigenvalue weighted by molar-refractivity contribution is -0.122. The van der Waals surface area contributed by atoms with Gasteiger partial charge in [-0.3, -0.25) is 9.69 Å². The Morgan fingerprint density at radius 3 is 2.41 bits per heavy atom. The van der Waals surface area contributed by atoms with E-state index in [1.807, 2.05) is 55.5 Å². The fourth-order valence-electron chi connectivity index (χ4n) is 3.56. The van der Waals surface area contributed by atoms with Gasteiger partial charge >= 0.3 is 5.97 Å². The molecule has 1 heterocycles. The van der Waals surface area contributed by atoms with E-state index in [-0.39, 0.29) is 5.91 Å². The summed E-state index contributed by atoms with van der Waals surface area (Å²) in [6, 6.07) is 20.2. The fourth-order valence-corrected chi connectivity index (χ4v) is 4.88. The molecule has 0 saturated carbocycles. The number of ether oxygens (including phenoxy) is 3. The third kappa shape index (κ3) is 6.42. The molecule has 9 heteroatoms. The van der Waals surface area contributed by atoms with Crippen LogP contribution in [0.5, 0.6) is 11.5 Å². The molecule has 0 spiro atoms. The number of aliphatic imine (C=N–C) groups is 1. The van der Waals surface area contributed by atoms with Crippen molar-refractivity contribution in [2.45, 2.75) is 13.5 Å². The van der Waals surface area contributed by atoms with Crippen molar-refractivity contribution in [3.05, 3.63) is 92.8 Å². The average Bonchev–Trinajstić information content (AvgIpc) is 3.21. The van der Waals surface area contributed by atoms with Gasteiger partial charge in [0, 0.05) is 11.0 Å². The van der Waals surface area contributed by atoms with E-state index in [2.05, 4.69) is 20.9 Å². The van der Waals surface area contributed by atoms with E-state index in [0.717, 1.165) is 15.6 Å². The SMILES string of the molecule is CCN1C(=O)/C(=C\c2ccc(OCc3ccc(Br)cc3)c(OC)c2)SC1=Nc1ccc(C(=O)OC)cc1. The molecule has 1 saturated heterocycles. The number of nitrogens with zero attached hydrogens (tertiary/aromatic N) is 2. The highest BCUT2D eigenvalue weighted by Crippen LogP contribution is 2.36. The maximum Gasteiger partial charge on any atom is 0.337 e. The number of amidine groups is 1. The first-order valence-electron chi connectivity index (χ1n) is 11.5. The van der Waals surface area contributed by atoms with Crippen LogP contribution in [0.4, 0.5) is 5.69 Å². The summed E-state index contributed by atoms with van der Waals surface area (Å²) in [5.74, 6) is 0.664. The van der Waals surface area contributed by atoms with Gasteiger partial charge in [-0.15, -0.1) is 0 Å². The third-order valence-corrected chi connectivity index (χ3v) is 7.05. The number of hydrogen-bond acceptors (Lipinski definition) is 7. The Balaban J connectivity index is 1.52. The van der Waals surface area contributed by atoms with Crippen molar-refractivity contribution in [2.24, 2.45) is 4.99 Å². The zero-order chi connectivity index (χ0) is 26.4. The fraction of sp³-hybridized carbons (Fsp3) is 0.179. The first-order chi connectivity index (χ1) is 17.9. The lowest BCUT2D eigenvalue weighted by atomic mass is 10.1. The van der Waals surface area contributed by atoms with Crippen molar-refractivity contribution in [3.63, 3.8) is 0 Å². The number of halogens is 1. The van der Waals surface area contributed by atoms with Crippen molar-refractivity contribution < 1.29 is 23.8 Å². The van der Waals surface area contributed by atoms with E-state index >= 15 is 0 Å². The minimum Gasteiger partial charge on any atom is -0.493 e. The summed E-state index contributed by atoms with van der Waals surface area (Å²) >= 11 is 4.73. The molecular formula is C28H25BrN2O5S. The van der Waals surface area contributed by atoms with E-state index in [0.29, 0.717) is 46.0 Å². The Labute approximate surface area is 228 Å². The second-order valence-corrected chi connectivity index (χ2v) is 9.84. The number of carbonyl (C=O) groups is 2. The lowest BCUT2D eigenvalue weighted by Crippen LogP contribution is -2.28. The van der Waals surface area contributed by atoms with Crippen molar-refractivity contribution in [3.8, 4) is 11.5 Å². The Morgan fingerprint density at radius 1 is 1.03 bits per heavy atom. The van der Waals surface area contributed by atoms with Gasteiger partial charge in [-0.05, 0) is 84.4 Å². The molecule has 0 atom stereocenters. The molecule has 3 aromatic carbocycles. The minimum absolute atomic E-state index is 0.119. The summed E-state index contributed by atoms with van der Waals surface area (Å²) in [4.78, 5) is 31.5. The van der Waals surface area contributed by atoms with Gasteiger partial charge in [0.1, 0.15) is 6.61 Å². The second-order valence-electron chi connectivity index (χ2n) is 7.92. The van der Waals surface area contributed by atoms with Crippen LogP contribution in [0.1, 0.15) is 28.4 Å². The van der Waals surface area contributed by atoms with Crippen LogP contribution in [0.3, 0.4) is 0 Å². The summed E-state index contributed by atoms with van der Waals surface area (Å²) in [6.45, 7) is 2.79. The molecule has 0 unspecified atom stereocenters. The average molecular weight is 581 g/mol. The van der Waals surface area contributed by atoms with Crippen molar-refractivity contribution in [1.82, 2.24) is 4.90 Å². The number of esters is 1. The minimum atomic E-state index is -0.412. The predicted octanol–water partition coefficient (Wildman–Crippen LogP) is 6.45. The molecule has 0 N–H and O–H groups in total. The van der Waals surface area contributed by atoms with Crippen LogP contribution in [0.2, 0.25) is 0 Å². The smallest absolute Gasteiger partial charge is 0.337 e. The highest BCUT2D eigenvalue weighted by molar-refractivity contribution is 9.10. The Morgan fingerprint density at radius 2 is 1.76 bits per heavy atom. The quantitative estimate of drug-likeness (QED) is 0.225. The molecule has 190 valence electrons. The normalized spacial score (nSPS) is 15.4. The molecule has 1 fully saturated rings. The predicted molar refractivity (Wildman–Crippen MR) is 149 cm³/mol. The van der Waals surface area contributed by atoms with Crippen LogP contribution in [0.25, 0.3) is 6.08 Å².